The number of hydrogen-bond acceptors (Lipinski definition) is 4. The zero-order chi connectivity index (χ0) is 21.8. The summed E-state index contributed by atoms with van der Waals surface area (Å²) in [5.74, 6) is 0.504. The number of amides is 1. The third kappa shape index (κ3) is 12.9. The Morgan fingerprint density at radius 3 is 2.14 bits per heavy atom. The summed E-state index contributed by atoms with van der Waals surface area (Å²) in [5, 5.41) is 9.70. The van der Waals surface area contributed by atoms with E-state index in [0.29, 0.717) is 5.92 Å². The molecule has 0 bridgehead atoms. The Labute approximate surface area is 173 Å². The minimum atomic E-state index is -0.787. The van der Waals surface area contributed by atoms with Crippen LogP contribution in [0.25, 0.3) is 0 Å². The van der Waals surface area contributed by atoms with Crippen LogP contribution >= 0.6 is 0 Å². The molecular weight excluding hydrogens is 352 g/mol. The van der Waals surface area contributed by atoms with E-state index in [1.165, 1.54) is 43.9 Å². The lowest BCUT2D eigenvalue weighted by Crippen LogP contribution is -2.35. The van der Waals surface area contributed by atoms with Gasteiger partial charge in [0.1, 0.15) is 0 Å². The van der Waals surface area contributed by atoms with Crippen LogP contribution in [0.2, 0.25) is 0 Å². The molecule has 2 rings (SSSR count). The van der Waals surface area contributed by atoms with Gasteiger partial charge in [-0.15, -0.1) is 0 Å². The summed E-state index contributed by atoms with van der Waals surface area (Å²) >= 11 is 0. The standard InChI is InChI=1S/C14H21NO2.2C4H10.CH3NO/c1-3-4-6-11-7-5-8-12-9-15(10-13(11)12)14(16)17-2;2*1-3-4-2;2-1-3/h4-6,8,11,14,16H,3,7,9-10H2,1-2H3;2*3-4H2,1-2H3;1H,(H2,2,3)/b6-4+;;;. The summed E-state index contributed by atoms with van der Waals surface area (Å²) in [4.78, 5) is 10.5. The van der Waals surface area contributed by atoms with Crippen molar-refractivity contribution in [2.45, 2.75) is 79.6 Å². The van der Waals surface area contributed by atoms with E-state index in [1.807, 2.05) is 4.90 Å². The number of ether oxygens (including phenoxy) is 1. The van der Waals surface area contributed by atoms with Gasteiger partial charge < -0.3 is 15.6 Å². The van der Waals surface area contributed by atoms with E-state index >= 15 is 0 Å². The predicted molar refractivity (Wildman–Crippen MR) is 120 cm³/mol. The van der Waals surface area contributed by atoms with Crippen LogP contribution < -0.4 is 5.73 Å². The summed E-state index contributed by atoms with van der Waals surface area (Å²) in [7, 11) is 1.53. The molecule has 2 aliphatic rings. The molecule has 1 aliphatic carbocycles. The SMILES string of the molecule is CC/C=C/C1CC=CC2=C1CN(C(O)OC)C2.CCCC.CCCC.NC=O. The van der Waals surface area contributed by atoms with Gasteiger partial charge in [-0.2, -0.15) is 0 Å². The lowest BCUT2D eigenvalue weighted by atomic mass is 9.88. The summed E-state index contributed by atoms with van der Waals surface area (Å²) in [6.07, 6.45) is 15.8. The largest absolute Gasteiger partial charge is 0.372 e. The Morgan fingerprint density at radius 1 is 1.18 bits per heavy atom. The van der Waals surface area contributed by atoms with E-state index < -0.39 is 6.41 Å². The van der Waals surface area contributed by atoms with Gasteiger partial charge in [0.15, 0.2) is 0 Å². The second kappa shape index (κ2) is 20.3. The molecule has 0 saturated carbocycles. The van der Waals surface area contributed by atoms with Crippen LogP contribution in [0.5, 0.6) is 0 Å². The first-order valence-corrected chi connectivity index (χ1v) is 10.7. The van der Waals surface area contributed by atoms with Crippen molar-refractivity contribution < 1.29 is 14.6 Å². The molecule has 1 aliphatic heterocycles. The lowest BCUT2D eigenvalue weighted by Gasteiger charge is -2.22. The van der Waals surface area contributed by atoms with Gasteiger partial charge in [0.05, 0.1) is 0 Å². The van der Waals surface area contributed by atoms with Crippen LogP contribution in [0, 0.1) is 5.92 Å². The van der Waals surface area contributed by atoms with Crippen molar-refractivity contribution >= 4 is 6.41 Å². The van der Waals surface area contributed by atoms with Gasteiger partial charge in [-0.05, 0) is 24.0 Å². The molecule has 0 aromatic rings. The normalized spacial score (nSPS) is 18.9. The molecule has 0 spiro atoms. The number of carbonyl (C=O) groups is 1. The fraction of sp³-hybridized carbons (Fsp3) is 0.696. The van der Waals surface area contributed by atoms with Gasteiger partial charge in [-0.1, -0.05) is 84.6 Å². The smallest absolute Gasteiger partial charge is 0.216 e. The number of methoxy groups -OCH3 is 1. The summed E-state index contributed by atoms with van der Waals surface area (Å²) in [5.41, 5.74) is 6.95. The van der Waals surface area contributed by atoms with Crippen molar-refractivity contribution in [1.82, 2.24) is 4.90 Å². The lowest BCUT2D eigenvalue weighted by molar-refractivity contribution is -0.167. The molecule has 2 atom stereocenters. The number of nitrogens with two attached hydrogens (primary N) is 1. The van der Waals surface area contributed by atoms with E-state index in [1.54, 1.807) is 0 Å². The third-order valence-corrected chi connectivity index (χ3v) is 4.44. The summed E-state index contributed by atoms with van der Waals surface area (Å²) in [6.45, 7) is 12.5. The van der Waals surface area contributed by atoms with Crippen LogP contribution in [0.4, 0.5) is 0 Å². The first-order chi connectivity index (χ1) is 13.5. The third-order valence-electron chi connectivity index (χ3n) is 4.44. The number of aliphatic hydroxyl groups excluding tert-OH is 1. The van der Waals surface area contributed by atoms with Crippen molar-refractivity contribution in [1.29, 1.82) is 0 Å². The van der Waals surface area contributed by atoms with Gasteiger partial charge >= 0.3 is 0 Å². The fourth-order valence-electron chi connectivity index (χ4n) is 2.51. The van der Waals surface area contributed by atoms with Crippen molar-refractivity contribution in [3.63, 3.8) is 0 Å². The molecule has 0 radical (unpaired) electrons. The number of rotatable bonds is 6. The minimum Gasteiger partial charge on any atom is -0.372 e. The highest BCUT2D eigenvalue weighted by molar-refractivity contribution is 5.42. The Hall–Kier alpha value is -1.43. The Balaban J connectivity index is 0. The maximum atomic E-state index is 9.70. The number of unbranched alkanes of at least 4 members (excludes halogenated alkanes) is 2. The number of aliphatic hydroxyl groups is 1. The second-order valence-corrected chi connectivity index (χ2v) is 6.73. The average Bonchev–Trinajstić information content (AvgIpc) is 3.17. The molecule has 1 heterocycles. The number of nitrogens with zero attached hydrogens (tertiary/aromatic N) is 1. The summed E-state index contributed by atoms with van der Waals surface area (Å²) in [6, 6.07) is 0. The molecule has 5 nitrogen and oxygen atoms in total. The first kappa shape index (κ1) is 28.8. The molecule has 0 aromatic heterocycles. The zero-order valence-corrected chi connectivity index (χ0v) is 19.0. The van der Waals surface area contributed by atoms with Crippen molar-refractivity contribution in [2.24, 2.45) is 11.7 Å². The van der Waals surface area contributed by atoms with E-state index in [-0.39, 0.29) is 6.41 Å². The highest BCUT2D eigenvalue weighted by Gasteiger charge is 2.30. The molecular formula is C23H44N2O3. The number of primary amides is 1. The van der Waals surface area contributed by atoms with Gasteiger partial charge in [0.25, 0.3) is 0 Å². The molecule has 0 aromatic carbocycles. The summed E-state index contributed by atoms with van der Waals surface area (Å²) < 4.78 is 4.97. The zero-order valence-electron chi connectivity index (χ0n) is 19.0. The molecule has 28 heavy (non-hydrogen) atoms. The van der Waals surface area contributed by atoms with Gasteiger partial charge in [0.2, 0.25) is 12.8 Å². The predicted octanol–water partition coefficient (Wildman–Crippen LogP) is 4.78. The van der Waals surface area contributed by atoms with Crippen LogP contribution in [-0.2, 0) is 9.53 Å². The Bertz CT molecular complexity index is 451. The van der Waals surface area contributed by atoms with Crippen LogP contribution in [-0.4, -0.2) is 43.0 Å². The Morgan fingerprint density at radius 2 is 1.71 bits per heavy atom. The van der Waals surface area contributed by atoms with E-state index in [9.17, 15) is 5.11 Å². The van der Waals surface area contributed by atoms with Crippen LogP contribution in [0.1, 0.15) is 73.1 Å². The molecule has 164 valence electrons. The molecule has 1 amide bonds. The molecule has 0 saturated heterocycles. The second-order valence-electron chi connectivity index (χ2n) is 6.73. The van der Waals surface area contributed by atoms with Gasteiger partial charge in [0, 0.05) is 26.1 Å². The molecule has 3 N–H and O–H groups in total. The average molecular weight is 397 g/mol. The highest BCUT2D eigenvalue weighted by Crippen LogP contribution is 2.33. The quantitative estimate of drug-likeness (QED) is 0.385. The van der Waals surface area contributed by atoms with Crippen molar-refractivity contribution in [3.05, 3.63) is 35.5 Å². The molecule has 0 fully saturated rings. The molecule has 5 heteroatoms. The number of allylic oxidation sites excluding steroid dienone is 3. The Kier molecular flexibility index (Phi) is 20.9. The van der Waals surface area contributed by atoms with Crippen LogP contribution in [0.15, 0.2) is 35.5 Å². The minimum absolute atomic E-state index is 0.250. The number of carbonyl (C=O) groups excluding carboxylic acids is 1. The van der Waals surface area contributed by atoms with Crippen molar-refractivity contribution in [2.75, 3.05) is 20.2 Å². The fourth-order valence-corrected chi connectivity index (χ4v) is 2.51. The van der Waals surface area contributed by atoms with E-state index in [2.05, 4.69) is 64.7 Å². The monoisotopic (exact) mass is 396 g/mol. The maximum absolute atomic E-state index is 9.70. The van der Waals surface area contributed by atoms with Gasteiger partial charge in [-0.25, -0.2) is 4.90 Å². The van der Waals surface area contributed by atoms with E-state index in [4.69, 9.17) is 9.53 Å². The molecule has 2 unspecified atom stereocenters. The van der Waals surface area contributed by atoms with Crippen LogP contribution in [0.3, 0.4) is 0 Å². The first-order valence-electron chi connectivity index (χ1n) is 10.7. The maximum Gasteiger partial charge on any atom is 0.216 e. The topological polar surface area (TPSA) is 75.8 Å². The number of hydrogen-bond donors (Lipinski definition) is 2. The van der Waals surface area contributed by atoms with E-state index in [0.717, 1.165) is 25.9 Å². The van der Waals surface area contributed by atoms with Crippen molar-refractivity contribution in [3.8, 4) is 0 Å². The highest BCUT2D eigenvalue weighted by atomic mass is 16.6. The van der Waals surface area contributed by atoms with Gasteiger partial charge in [-0.3, -0.25) is 4.79 Å².